The van der Waals surface area contributed by atoms with Crippen molar-refractivity contribution in [3.63, 3.8) is 0 Å². The van der Waals surface area contributed by atoms with Gasteiger partial charge in [-0.1, -0.05) is 26.0 Å². The first-order valence-electron chi connectivity index (χ1n) is 6.92. The highest BCUT2D eigenvalue weighted by molar-refractivity contribution is 7.89. The number of sulfonamides is 1. The third kappa shape index (κ3) is 2.76. The van der Waals surface area contributed by atoms with Crippen molar-refractivity contribution >= 4 is 26.9 Å². The monoisotopic (exact) mass is 332 g/mol. The van der Waals surface area contributed by atoms with E-state index >= 15 is 0 Å². The van der Waals surface area contributed by atoms with Gasteiger partial charge in [-0.05, 0) is 12.1 Å². The summed E-state index contributed by atoms with van der Waals surface area (Å²) in [7, 11) is -3.73. The van der Waals surface area contributed by atoms with Gasteiger partial charge in [-0.2, -0.15) is 5.10 Å². The van der Waals surface area contributed by atoms with E-state index in [1.807, 2.05) is 13.8 Å². The van der Waals surface area contributed by atoms with E-state index in [-0.39, 0.29) is 10.8 Å². The Hall–Kier alpha value is -2.52. The molecule has 0 saturated heterocycles. The summed E-state index contributed by atoms with van der Waals surface area (Å²) in [6.07, 6.45) is 0. The van der Waals surface area contributed by atoms with Crippen LogP contribution >= 0.6 is 0 Å². The number of H-pyrrole nitrogens is 1. The second-order valence-electron chi connectivity index (χ2n) is 5.49. The zero-order chi connectivity index (χ0) is 16.8. The molecule has 120 valence electrons. The summed E-state index contributed by atoms with van der Waals surface area (Å²) in [5, 5.41) is 12.8. The van der Waals surface area contributed by atoms with E-state index in [9.17, 15) is 8.42 Å². The molecule has 23 heavy (non-hydrogen) atoms. The molecule has 0 spiro atoms. The van der Waals surface area contributed by atoms with Crippen molar-refractivity contribution in [1.82, 2.24) is 20.2 Å². The largest absolute Gasteiger partial charge is 0.383 e. The number of hydrogen-bond acceptors (Lipinski definition) is 6. The highest BCUT2D eigenvalue weighted by Crippen LogP contribution is 2.30. The van der Waals surface area contributed by atoms with Gasteiger partial charge < -0.3 is 5.73 Å². The zero-order valence-corrected chi connectivity index (χ0v) is 13.4. The molecule has 8 nitrogen and oxygen atoms in total. The molecular formula is C14H16N6O2S. The average molecular weight is 332 g/mol. The van der Waals surface area contributed by atoms with Gasteiger partial charge in [0.05, 0.1) is 16.0 Å². The third-order valence-corrected chi connectivity index (χ3v) is 4.38. The summed E-state index contributed by atoms with van der Waals surface area (Å²) in [5.41, 5.74) is 7.88. The summed E-state index contributed by atoms with van der Waals surface area (Å²) < 4.78 is 22.6. The van der Waals surface area contributed by atoms with Gasteiger partial charge in [0.15, 0.2) is 5.65 Å². The van der Waals surface area contributed by atoms with Gasteiger partial charge in [-0.25, -0.2) is 23.5 Å². The Bertz CT molecular complexity index is 976. The first kappa shape index (κ1) is 15.4. The number of nitrogen functional groups attached to an aromatic ring is 1. The molecule has 9 heteroatoms. The molecule has 0 aliphatic carbocycles. The number of nitrogens with one attached hydrogen (secondary N) is 1. The Labute approximate surface area is 133 Å². The van der Waals surface area contributed by atoms with E-state index in [2.05, 4.69) is 20.2 Å². The van der Waals surface area contributed by atoms with E-state index in [0.717, 1.165) is 0 Å². The van der Waals surface area contributed by atoms with Crippen LogP contribution in [0.3, 0.4) is 0 Å². The maximum atomic E-state index is 11.3. The van der Waals surface area contributed by atoms with Gasteiger partial charge in [0.1, 0.15) is 11.6 Å². The highest BCUT2D eigenvalue weighted by atomic mass is 32.2. The molecule has 2 heterocycles. The molecule has 0 unspecified atom stereocenters. The first-order valence-corrected chi connectivity index (χ1v) is 8.46. The number of anilines is 1. The van der Waals surface area contributed by atoms with Gasteiger partial charge in [-0.3, -0.25) is 5.10 Å². The minimum absolute atomic E-state index is 0.0383. The predicted octanol–water partition coefficient (Wildman–Crippen LogP) is 1.37. The molecule has 0 aliphatic heterocycles. The lowest BCUT2D eigenvalue weighted by Crippen LogP contribution is -2.11. The van der Waals surface area contributed by atoms with E-state index < -0.39 is 10.0 Å². The summed E-state index contributed by atoms with van der Waals surface area (Å²) in [6, 6.07) is 6.11. The van der Waals surface area contributed by atoms with Crippen LogP contribution in [-0.4, -0.2) is 28.6 Å². The predicted molar refractivity (Wildman–Crippen MR) is 87.0 cm³/mol. The van der Waals surface area contributed by atoms with E-state index in [1.165, 1.54) is 12.1 Å². The van der Waals surface area contributed by atoms with E-state index in [0.29, 0.717) is 33.9 Å². The fourth-order valence-corrected chi connectivity index (χ4v) is 2.76. The topological polar surface area (TPSA) is 141 Å². The molecular weight excluding hydrogens is 316 g/mol. The summed E-state index contributed by atoms with van der Waals surface area (Å²) in [6.45, 7) is 3.94. The quantitative estimate of drug-likeness (QED) is 0.661. The Morgan fingerprint density at radius 1 is 1.13 bits per heavy atom. The molecule has 0 fully saturated rings. The van der Waals surface area contributed by atoms with Crippen LogP contribution in [0.25, 0.3) is 22.3 Å². The van der Waals surface area contributed by atoms with Crippen molar-refractivity contribution in [2.45, 2.75) is 24.7 Å². The molecule has 0 radical (unpaired) electrons. The lowest BCUT2D eigenvalue weighted by atomic mass is 10.1. The van der Waals surface area contributed by atoms with Gasteiger partial charge in [0.25, 0.3) is 0 Å². The standard InChI is InChI=1S/C14H16N6O2S/c1-7(2)13-17-12(15)10-11(19-20-14(10)18-13)8-3-5-9(6-4-8)23(16,21)22/h3-7H,1-2H3,(H2,16,21,22)(H3,15,17,18,19,20). The van der Waals surface area contributed by atoms with E-state index in [4.69, 9.17) is 10.9 Å². The lowest BCUT2D eigenvalue weighted by molar-refractivity contribution is 0.598. The number of rotatable bonds is 3. The van der Waals surface area contributed by atoms with Crippen molar-refractivity contribution in [2.24, 2.45) is 5.14 Å². The minimum atomic E-state index is -3.73. The van der Waals surface area contributed by atoms with Crippen LogP contribution in [0, 0.1) is 0 Å². The normalized spacial score (nSPS) is 12.2. The van der Waals surface area contributed by atoms with Gasteiger partial charge in [-0.15, -0.1) is 0 Å². The number of aromatic nitrogens is 4. The number of hydrogen-bond donors (Lipinski definition) is 3. The molecule has 0 aliphatic rings. The molecule has 2 aromatic heterocycles. The van der Waals surface area contributed by atoms with Crippen molar-refractivity contribution in [3.05, 3.63) is 30.1 Å². The second kappa shape index (κ2) is 5.28. The van der Waals surface area contributed by atoms with Crippen LogP contribution in [0.2, 0.25) is 0 Å². The maximum absolute atomic E-state index is 11.3. The first-order chi connectivity index (χ1) is 10.8. The molecule has 0 saturated carbocycles. The number of nitrogens with two attached hydrogens (primary N) is 2. The van der Waals surface area contributed by atoms with Crippen molar-refractivity contribution in [1.29, 1.82) is 0 Å². The van der Waals surface area contributed by atoms with E-state index in [1.54, 1.807) is 12.1 Å². The molecule has 0 bridgehead atoms. The van der Waals surface area contributed by atoms with Crippen molar-refractivity contribution in [3.8, 4) is 11.3 Å². The van der Waals surface area contributed by atoms with Crippen molar-refractivity contribution < 1.29 is 8.42 Å². The summed E-state index contributed by atoms with van der Waals surface area (Å²) in [5.74, 6) is 1.09. The second-order valence-corrected chi connectivity index (χ2v) is 7.05. The number of fused-ring (bicyclic) bond motifs is 1. The van der Waals surface area contributed by atoms with Crippen LogP contribution in [-0.2, 0) is 10.0 Å². The Balaban J connectivity index is 2.14. The average Bonchev–Trinajstić information content (AvgIpc) is 2.91. The van der Waals surface area contributed by atoms with Gasteiger partial charge >= 0.3 is 0 Å². The van der Waals surface area contributed by atoms with Gasteiger partial charge in [0.2, 0.25) is 10.0 Å². The third-order valence-electron chi connectivity index (χ3n) is 3.45. The summed E-state index contributed by atoms with van der Waals surface area (Å²) in [4.78, 5) is 8.73. The fraction of sp³-hybridized carbons (Fsp3) is 0.214. The number of primary sulfonamides is 1. The maximum Gasteiger partial charge on any atom is 0.238 e. The molecule has 0 amide bonds. The Kier molecular flexibility index (Phi) is 3.53. The minimum Gasteiger partial charge on any atom is -0.383 e. The molecule has 3 aromatic rings. The smallest absolute Gasteiger partial charge is 0.238 e. The summed E-state index contributed by atoms with van der Waals surface area (Å²) >= 11 is 0. The molecule has 1 aromatic carbocycles. The van der Waals surface area contributed by atoms with Crippen LogP contribution in [0.1, 0.15) is 25.6 Å². The van der Waals surface area contributed by atoms with Crippen LogP contribution < -0.4 is 10.9 Å². The number of aromatic amines is 1. The van der Waals surface area contributed by atoms with Crippen LogP contribution in [0.4, 0.5) is 5.82 Å². The van der Waals surface area contributed by atoms with Crippen LogP contribution in [0.5, 0.6) is 0 Å². The zero-order valence-electron chi connectivity index (χ0n) is 12.6. The molecule has 3 rings (SSSR count). The Morgan fingerprint density at radius 3 is 2.35 bits per heavy atom. The highest BCUT2D eigenvalue weighted by Gasteiger charge is 2.16. The Morgan fingerprint density at radius 2 is 1.78 bits per heavy atom. The van der Waals surface area contributed by atoms with Crippen LogP contribution in [0.15, 0.2) is 29.2 Å². The lowest BCUT2D eigenvalue weighted by Gasteiger charge is -2.06. The van der Waals surface area contributed by atoms with Gasteiger partial charge in [0, 0.05) is 11.5 Å². The SMILES string of the molecule is CC(C)c1nc(N)c2c(-c3ccc(S(N)(=O)=O)cc3)[nH]nc2n1. The molecule has 0 atom stereocenters. The van der Waals surface area contributed by atoms with Crippen molar-refractivity contribution in [2.75, 3.05) is 5.73 Å². The number of nitrogens with zero attached hydrogens (tertiary/aromatic N) is 3. The molecule has 5 N–H and O–H groups in total. The fourth-order valence-electron chi connectivity index (χ4n) is 2.25. The number of benzene rings is 1.